The van der Waals surface area contributed by atoms with E-state index in [1.54, 1.807) is 6.07 Å². The summed E-state index contributed by atoms with van der Waals surface area (Å²) in [4.78, 5) is 0. The number of aryl methyl sites for hydroxylation is 1. The summed E-state index contributed by atoms with van der Waals surface area (Å²) in [7, 11) is 0. The van der Waals surface area contributed by atoms with Crippen LogP contribution in [0.15, 0.2) is 18.2 Å². The van der Waals surface area contributed by atoms with Gasteiger partial charge in [-0.1, -0.05) is 26.3 Å². The fraction of sp³-hybridized carbons (Fsp3) is 0.700. The van der Waals surface area contributed by atoms with Crippen molar-refractivity contribution in [3.8, 4) is 5.75 Å². The van der Waals surface area contributed by atoms with Crippen LogP contribution in [0.25, 0.3) is 0 Å². The van der Waals surface area contributed by atoms with Crippen LogP contribution in [0.1, 0.15) is 56.6 Å². The summed E-state index contributed by atoms with van der Waals surface area (Å²) < 4.78 is 14.3. The van der Waals surface area contributed by atoms with Crippen LogP contribution in [0.5, 0.6) is 5.75 Å². The monoisotopic (exact) mass is 318 g/mol. The van der Waals surface area contributed by atoms with Crippen molar-refractivity contribution in [2.75, 3.05) is 0 Å². The summed E-state index contributed by atoms with van der Waals surface area (Å²) in [6, 6.07) is 5.79. The molecule has 0 aromatic heterocycles. The molecule has 2 saturated carbocycles. The van der Waals surface area contributed by atoms with E-state index in [0.29, 0.717) is 29.9 Å². The number of aliphatic hydroxyl groups excluding tert-OH is 1. The second kappa shape index (κ2) is 5.20. The highest BCUT2D eigenvalue weighted by Gasteiger charge is 2.60. The number of benzene rings is 1. The lowest BCUT2D eigenvalue weighted by Crippen LogP contribution is -2.48. The molecule has 4 rings (SSSR count). The van der Waals surface area contributed by atoms with Crippen LogP contribution >= 0.6 is 0 Å². The van der Waals surface area contributed by atoms with Gasteiger partial charge in [0, 0.05) is 0 Å². The van der Waals surface area contributed by atoms with Crippen LogP contribution in [0.3, 0.4) is 0 Å². The number of alkyl halides is 1. The number of phenols is 1. The Bertz CT molecular complexity index is 616. The van der Waals surface area contributed by atoms with Crippen molar-refractivity contribution in [1.82, 2.24) is 0 Å². The number of hydrogen-bond acceptors (Lipinski definition) is 2. The number of halogens is 1. The Kier molecular flexibility index (Phi) is 3.49. The Morgan fingerprint density at radius 2 is 2.13 bits per heavy atom. The van der Waals surface area contributed by atoms with E-state index in [-0.39, 0.29) is 11.3 Å². The van der Waals surface area contributed by atoms with Crippen molar-refractivity contribution in [1.29, 1.82) is 0 Å². The molecule has 2 nitrogen and oxygen atoms in total. The molecule has 0 aliphatic heterocycles. The third-order valence-electron chi connectivity index (χ3n) is 7.29. The van der Waals surface area contributed by atoms with Crippen LogP contribution in [-0.4, -0.2) is 22.5 Å². The van der Waals surface area contributed by atoms with Gasteiger partial charge in [-0.05, 0) is 78.0 Å². The average Bonchev–Trinajstić information content (AvgIpc) is 2.77. The van der Waals surface area contributed by atoms with E-state index >= 15 is 0 Å². The fourth-order valence-corrected chi connectivity index (χ4v) is 6.22. The van der Waals surface area contributed by atoms with Gasteiger partial charge in [-0.3, -0.25) is 0 Å². The normalized spacial score (nSPS) is 45.2. The first kappa shape index (κ1) is 15.4. The number of phenolic OH excluding ortho intramolecular Hbond substituents is 1. The van der Waals surface area contributed by atoms with Gasteiger partial charge in [0.25, 0.3) is 0 Å². The molecule has 23 heavy (non-hydrogen) atoms. The van der Waals surface area contributed by atoms with Gasteiger partial charge < -0.3 is 10.2 Å². The first-order valence-electron chi connectivity index (χ1n) is 9.09. The van der Waals surface area contributed by atoms with Crippen molar-refractivity contribution in [3.05, 3.63) is 29.3 Å². The highest BCUT2D eigenvalue weighted by Crippen LogP contribution is 2.63. The van der Waals surface area contributed by atoms with Crippen molar-refractivity contribution in [2.45, 2.75) is 64.1 Å². The maximum Gasteiger partial charge on any atom is 0.127 e. The molecule has 3 heteroatoms. The fourth-order valence-electron chi connectivity index (χ4n) is 6.22. The van der Waals surface area contributed by atoms with Gasteiger partial charge in [0.15, 0.2) is 0 Å². The molecule has 1 aromatic rings. The average molecular weight is 318 g/mol. The summed E-state index contributed by atoms with van der Waals surface area (Å²) in [5.41, 5.74) is 2.36. The number of rotatable bonds is 1. The highest BCUT2D eigenvalue weighted by molar-refractivity contribution is 5.40. The molecule has 1 aromatic carbocycles. The van der Waals surface area contributed by atoms with Gasteiger partial charge in [-0.2, -0.15) is 0 Å². The molecule has 7 atom stereocenters. The molecule has 0 radical (unpaired) electrons. The molecule has 0 saturated heterocycles. The zero-order valence-corrected chi connectivity index (χ0v) is 14.0. The Balaban J connectivity index is 1.78. The van der Waals surface area contributed by atoms with Gasteiger partial charge in [0.2, 0.25) is 0 Å². The predicted octanol–water partition coefficient (Wildman–Crippen LogP) is 4.19. The van der Waals surface area contributed by atoms with Crippen LogP contribution in [0, 0.1) is 23.2 Å². The third-order valence-corrected chi connectivity index (χ3v) is 7.29. The van der Waals surface area contributed by atoms with E-state index < -0.39 is 12.3 Å². The van der Waals surface area contributed by atoms with E-state index in [1.807, 2.05) is 6.07 Å². The lowest BCUT2D eigenvalue weighted by atomic mass is 9.51. The number of fused-ring (bicyclic) bond motifs is 5. The van der Waals surface area contributed by atoms with Crippen LogP contribution in [0.2, 0.25) is 0 Å². The van der Waals surface area contributed by atoms with Crippen LogP contribution in [-0.2, 0) is 6.42 Å². The van der Waals surface area contributed by atoms with E-state index in [9.17, 15) is 14.6 Å². The first-order chi connectivity index (χ1) is 11.0. The van der Waals surface area contributed by atoms with Gasteiger partial charge in [0.1, 0.15) is 11.9 Å². The Morgan fingerprint density at radius 1 is 1.35 bits per heavy atom. The largest absolute Gasteiger partial charge is 0.508 e. The van der Waals surface area contributed by atoms with Crippen molar-refractivity contribution in [2.24, 2.45) is 23.2 Å². The number of aliphatic hydroxyl groups is 1. The second-order valence-corrected chi connectivity index (χ2v) is 8.29. The Hall–Kier alpha value is -1.09. The minimum absolute atomic E-state index is 0.268. The zero-order valence-electron chi connectivity index (χ0n) is 14.0. The van der Waals surface area contributed by atoms with E-state index in [4.69, 9.17) is 0 Å². The number of hydrogen-bond donors (Lipinski definition) is 2. The van der Waals surface area contributed by atoms with Crippen molar-refractivity contribution >= 4 is 0 Å². The highest BCUT2D eigenvalue weighted by atomic mass is 19.1. The summed E-state index contributed by atoms with van der Waals surface area (Å²) >= 11 is 0. The minimum atomic E-state index is -1.07. The second-order valence-electron chi connectivity index (χ2n) is 8.29. The van der Waals surface area contributed by atoms with Gasteiger partial charge in [0.05, 0.1) is 6.10 Å². The van der Waals surface area contributed by atoms with Crippen LogP contribution < -0.4 is 0 Å². The molecule has 0 amide bonds. The molecule has 6 unspecified atom stereocenters. The topological polar surface area (TPSA) is 40.5 Å². The lowest BCUT2D eigenvalue weighted by molar-refractivity contribution is -0.0586. The van der Waals surface area contributed by atoms with Gasteiger partial charge >= 0.3 is 0 Å². The van der Waals surface area contributed by atoms with Crippen molar-refractivity contribution < 1.29 is 14.6 Å². The molecule has 2 fully saturated rings. The molecular weight excluding hydrogens is 291 g/mol. The molecule has 0 heterocycles. The van der Waals surface area contributed by atoms with E-state index in [1.165, 1.54) is 11.1 Å². The summed E-state index contributed by atoms with van der Waals surface area (Å²) in [5.74, 6) is 2.04. The molecule has 126 valence electrons. The Labute approximate surface area is 137 Å². The van der Waals surface area contributed by atoms with Crippen LogP contribution in [0.4, 0.5) is 4.39 Å². The first-order valence-corrected chi connectivity index (χ1v) is 9.09. The van der Waals surface area contributed by atoms with Gasteiger partial charge in [-0.25, -0.2) is 4.39 Å². The molecule has 2 N–H and O–H groups in total. The summed E-state index contributed by atoms with van der Waals surface area (Å²) in [5, 5.41) is 20.3. The van der Waals surface area contributed by atoms with E-state index in [0.717, 1.165) is 25.7 Å². The lowest BCUT2D eigenvalue weighted by Gasteiger charge is -2.53. The summed E-state index contributed by atoms with van der Waals surface area (Å²) in [6.07, 6.45) is 2.64. The third kappa shape index (κ3) is 2.08. The predicted molar refractivity (Wildman–Crippen MR) is 88.2 cm³/mol. The minimum Gasteiger partial charge on any atom is -0.508 e. The molecule has 3 aliphatic rings. The van der Waals surface area contributed by atoms with Crippen molar-refractivity contribution in [3.63, 3.8) is 0 Å². The van der Waals surface area contributed by atoms with E-state index in [2.05, 4.69) is 19.9 Å². The maximum absolute atomic E-state index is 14.3. The smallest absolute Gasteiger partial charge is 0.127 e. The molecule has 3 aliphatic carbocycles. The Morgan fingerprint density at radius 3 is 2.87 bits per heavy atom. The SMILES string of the molecule is CCC1C[C@]2(C)C(O)C(F)CC2C2CCc3cc(O)ccc3C12. The quantitative estimate of drug-likeness (QED) is 0.815. The van der Waals surface area contributed by atoms with Gasteiger partial charge in [-0.15, -0.1) is 0 Å². The molecule has 0 bridgehead atoms. The number of aromatic hydroxyl groups is 1. The zero-order chi connectivity index (χ0) is 16.4. The molecular formula is C20H27FO2. The summed E-state index contributed by atoms with van der Waals surface area (Å²) in [6.45, 7) is 4.33. The maximum atomic E-state index is 14.3. The molecule has 0 spiro atoms. The standard InChI is InChI=1S/C20H27FO2/c1-3-11-10-20(2)16(9-17(21)19(20)23)15-6-4-12-8-13(22)5-7-14(12)18(11)15/h5,7-8,11,15-19,22-23H,3-4,6,9-10H2,1-2H3/t11?,15?,16?,17?,18?,19?,20-/m0/s1.